The van der Waals surface area contributed by atoms with E-state index in [1.165, 1.54) is 0 Å². The summed E-state index contributed by atoms with van der Waals surface area (Å²) >= 11 is 0.406. The van der Waals surface area contributed by atoms with Crippen LogP contribution in [-0.2, 0) is 0 Å². The van der Waals surface area contributed by atoms with Crippen molar-refractivity contribution in [3.63, 3.8) is 0 Å². The first-order chi connectivity index (χ1) is 6.23. The van der Waals surface area contributed by atoms with Crippen LogP contribution in [0.3, 0.4) is 0 Å². The summed E-state index contributed by atoms with van der Waals surface area (Å²) in [6, 6.07) is 0. The van der Waals surface area contributed by atoms with Gasteiger partial charge in [-0.3, -0.25) is 5.41 Å². The number of rotatable bonds is 2. The lowest BCUT2D eigenvalue weighted by molar-refractivity contribution is -0.195. The largest absolute Gasteiger partial charge is 0.415 e. The molecular formula is C5H9F3N4OS. The smallest absolute Gasteiger partial charge is 0.383 e. The fourth-order valence-electron chi connectivity index (χ4n) is 0.402. The number of aliphatic hydroxyl groups is 1. The third-order valence-corrected chi connectivity index (χ3v) is 1.83. The van der Waals surface area contributed by atoms with Crippen molar-refractivity contribution in [1.82, 2.24) is 0 Å². The Labute approximate surface area is 81.9 Å². The second kappa shape index (κ2) is 5.05. The van der Waals surface area contributed by atoms with E-state index in [2.05, 4.69) is 4.99 Å². The molecule has 9 heteroatoms. The highest BCUT2D eigenvalue weighted by atomic mass is 32.2. The molecule has 0 fully saturated rings. The van der Waals surface area contributed by atoms with Crippen LogP contribution < -0.4 is 11.5 Å². The average Bonchev–Trinajstić information content (AvgIpc) is 1.96. The van der Waals surface area contributed by atoms with Gasteiger partial charge in [0.25, 0.3) is 0 Å². The Balaban J connectivity index is 3.96. The fourth-order valence-corrected chi connectivity index (χ4v) is 1.08. The number of halogens is 3. The van der Waals surface area contributed by atoms with Crippen LogP contribution in [0, 0.1) is 5.41 Å². The van der Waals surface area contributed by atoms with E-state index in [1.54, 1.807) is 0 Å². The standard InChI is InChI=1S/C5H9F3N4OS/c6-5(7,8)2(13)1-14-4(11)12-3(9)10/h2,13H,1H2,(H5,9,10,11,12). The SMILES string of the molecule is N=C(N=C(N)N)SCC(O)C(F)(F)F. The van der Waals surface area contributed by atoms with Gasteiger partial charge < -0.3 is 16.6 Å². The maximum Gasteiger partial charge on any atom is 0.415 e. The Hall–Kier alpha value is -0.960. The molecule has 0 aromatic carbocycles. The van der Waals surface area contributed by atoms with Crippen LogP contribution in [0.2, 0.25) is 0 Å². The van der Waals surface area contributed by atoms with Gasteiger partial charge in [0.05, 0.1) is 0 Å². The number of hydrogen-bond acceptors (Lipinski definition) is 3. The van der Waals surface area contributed by atoms with Gasteiger partial charge in [0.2, 0.25) is 0 Å². The Bertz CT molecular complexity index is 238. The van der Waals surface area contributed by atoms with E-state index in [9.17, 15) is 13.2 Å². The maximum atomic E-state index is 11.7. The maximum absolute atomic E-state index is 11.7. The highest BCUT2D eigenvalue weighted by Gasteiger charge is 2.38. The molecule has 0 bridgehead atoms. The molecule has 0 aliphatic heterocycles. The van der Waals surface area contributed by atoms with Crippen molar-refractivity contribution in [2.75, 3.05) is 5.75 Å². The topological polar surface area (TPSA) is 108 Å². The number of hydrogen-bond donors (Lipinski definition) is 4. The third kappa shape index (κ3) is 5.65. The summed E-state index contributed by atoms with van der Waals surface area (Å²) in [5.74, 6) is -1.12. The Morgan fingerprint density at radius 1 is 1.50 bits per heavy atom. The van der Waals surface area contributed by atoms with Gasteiger partial charge in [0.15, 0.2) is 17.2 Å². The van der Waals surface area contributed by atoms with Gasteiger partial charge in [0.1, 0.15) is 0 Å². The van der Waals surface area contributed by atoms with E-state index >= 15 is 0 Å². The lowest BCUT2D eigenvalue weighted by atomic mass is 10.4. The normalized spacial score (nSPS) is 13.4. The number of amidine groups is 1. The molecular weight excluding hydrogens is 221 g/mol. The minimum Gasteiger partial charge on any atom is -0.383 e. The van der Waals surface area contributed by atoms with Crippen molar-refractivity contribution in [3.05, 3.63) is 0 Å². The molecule has 1 atom stereocenters. The van der Waals surface area contributed by atoms with Gasteiger partial charge in [-0.2, -0.15) is 18.2 Å². The molecule has 0 aliphatic carbocycles. The zero-order chi connectivity index (χ0) is 11.4. The Morgan fingerprint density at radius 2 is 2.00 bits per heavy atom. The molecule has 82 valence electrons. The van der Waals surface area contributed by atoms with E-state index in [0.29, 0.717) is 11.8 Å². The predicted octanol–water partition coefficient (Wildman–Crippen LogP) is -0.149. The molecule has 0 spiro atoms. The van der Waals surface area contributed by atoms with Crippen LogP contribution in [0.15, 0.2) is 4.99 Å². The van der Waals surface area contributed by atoms with E-state index in [1.807, 2.05) is 0 Å². The van der Waals surface area contributed by atoms with Gasteiger partial charge in [0, 0.05) is 5.75 Å². The molecule has 0 aromatic rings. The summed E-state index contributed by atoms with van der Waals surface area (Å²) < 4.78 is 35.2. The summed E-state index contributed by atoms with van der Waals surface area (Å²) in [7, 11) is 0. The van der Waals surface area contributed by atoms with Gasteiger partial charge in [-0.05, 0) is 0 Å². The van der Waals surface area contributed by atoms with Gasteiger partial charge >= 0.3 is 6.18 Å². The van der Waals surface area contributed by atoms with Gasteiger partial charge in [-0.15, -0.1) is 0 Å². The molecule has 0 saturated carbocycles. The molecule has 0 aromatic heterocycles. The van der Waals surface area contributed by atoms with Crippen molar-refractivity contribution in [2.24, 2.45) is 16.5 Å². The van der Waals surface area contributed by atoms with E-state index in [0.717, 1.165) is 0 Å². The highest BCUT2D eigenvalue weighted by Crippen LogP contribution is 2.23. The molecule has 5 nitrogen and oxygen atoms in total. The van der Waals surface area contributed by atoms with E-state index in [-0.39, 0.29) is 0 Å². The molecule has 0 amide bonds. The average molecular weight is 230 g/mol. The third-order valence-electron chi connectivity index (χ3n) is 0.986. The number of thioether (sulfide) groups is 1. The van der Waals surface area contributed by atoms with Crippen LogP contribution in [0.25, 0.3) is 0 Å². The van der Waals surface area contributed by atoms with E-state index < -0.39 is 29.2 Å². The van der Waals surface area contributed by atoms with Crippen molar-refractivity contribution in [1.29, 1.82) is 5.41 Å². The molecule has 1 unspecified atom stereocenters. The first-order valence-corrected chi connectivity index (χ1v) is 4.28. The molecule has 0 heterocycles. The van der Waals surface area contributed by atoms with Crippen LogP contribution >= 0.6 is 11.8 Å². The minimum absolute atomic E-state index is 0.406. The second-order valence-electron chi connectivity index (χ2n) is 2.21. The van der Waals surface area contributed by atoms with Crippen LogP contribution in [0.5, 0.6) is 0 Å². The summed E-state index contributed by atoms with van der Waals surface area (Å²) in [6.45, 7) is 0. The molecule has 0 saturated heterocycles. The Kier molecular flexibility index (Phi) is 4.71. The molecule has 6 N–H and O–H groups in total. The predicted molar refractivity (Wildman–Crippen MR) is 48.1 cm³/mol. The van der Waals surface area contributed by atoms with Crippen molar-refractivity contribution in [2.45, 2.75) is 12.3 Å². The summed E-state index contributed by atoms with van der Waals surface area (Å²) in [6.07, 6.45) is -7.17. The Morgan fingerprint density at radius 3 is 2.36 bits per heavy atom. The molecule has 0 radical (unpaired) electrons. The number of aliphatic imine (C=N–C) groups is 1. The van der Waals surface area contributed by atoms with Crippen molar-refractivity contribution < 1.29 is 18.3 Å². The number of aliphatic hydroxyl groups excluding tert-OH is 1. The lowest BCUT2D eigenvalue weighted by Gasteiger charge is -2.12. The molecule has 0 rings (SSSR count). The first-order valence-electron chi connectivity index (χ1n) is 3.29. The van der Waals surface area contributed by atoms with Crippen LogP contribution in [0.1, 0.15) is 0 Å². The highest BCUT2D eigenvalue weighted by molar-refractivity contribution is 8.13. The number of alkyl halides is 3. The second-order valence-corrected chi connectivity index (χ2v) is 3.22. The number of nitrogens with zero attached hydrogens (tertiary/aromatic N) is 1. The zero-order valence-electron chi connectivity index (χ0n) is 6.88. The van der Waals surface area contributed by atoms with Gasteiger partial charge in [-0.1, -0.05) is 11.8 Å². The van der Waals surface area contributed by atoms with Gasteiger partial charge in [-0.25, -0.2) is 0 Å². The van der Waals surface area contributed by atoms with E-state index in [4.69, 9.17) is 22.0 Å². The minimum atomic E-state index is -4.69. The number of nitrogens with one attached hydrogen (secondary N) is 1. The zero-order valence-corrected chi connectivity index (χ0v) is 7.69. The summed E-state index contributed by atoms with van der Waals surface area (Å²) in [5.41, 5.74) is 9.75. The lowest BCUT2D eigenvalue weighted by Crippen LogP contribution is -2.31. The fraction of sp³-hybridized carbons (Fsp3) is 0.600. The number of guanidine groups is 1. The monoisotopic (exact) mass is 230 g/mol. The first kappa shape index (κ1) is 13.0. The molecule has 14 heavy (non-hydrogen) atoms. The number of nitrogens with two attached hydrogens (primary N) is 2. The molecule has 0 aliphatic rings. The van der Waals surface area contributed by atoms with Crippen molar-refractivity contribution >= 4 is 22.9 Å². The van der Waals surface area contributed by atoms with Crippen molar-refractivity contribution in [3.8, 4) is 0 Å². The van der Waals surface area contributed by atoms with Crippen LogP contribution in [-0.4, -0.2) is 34.3 Å². The summed E-state index contributed by atoms with van der Waals surface area (Å²) in [4.78, 5) is 3.17. The van der Waals surface area contributed by atoms with Crippen LogP contribution in [0.4, 0.5) is 13.2 Å². The summed E-state index contributed by atoms with van der Waals surface area (Å²) in [5, 5.41) is 15.0. The quantitative estimate of drug-likeness (QED) is 0.390.